The lowest BCUT2D eigenvalue weighted by atomic mass is 10.1. The molecule has 0 fully saturated rings. The van der Waals surface area contributed by atoms with E-state index in [0.717, 1.165) is 24.0 Å². The molecule has 0 heterocycles. The quantitative estimate of drug-likeness (QED) is 0.456. The van der Waals surface area contributed by atoms with Crippen molar-refractivity contribution in [3.63, 3.8) is 0 Å². The summed E-state index contributed by atoms with van der Waals surface area (Å²) in [5.41, 5.74) is 2.44. The van der Waals surface area contributed by atoms with Gasteiger partial charge in [0.05, 0.1) is 5.75 Å². The number of carbonyl (C=O) groups is 2. The third-order valence-electron chi connectivity index (χ3n) is 4.97. The highest BCUT2D eigenvalue weighted by molar-refractivity contribution is 7.99. The molecule has 0 bridgehead atoms. The molecule has 2 amide bonds. The van der Waals surface area contributed by atoms with E-state index in [4.69, 9.17) is 11.6 Å². The molecule has 4 nitrogen and oxygen atoms in total. The summed E-state index contributed by atoms with van der Waals surface area (Å²) in [7, 11) is 0. The zero-order valence-electron chi connectivity index (χ0n) is 18.3. The first-order valence-electron chi connectivity index (χ1n) is 10.5. The van der Waals surface area contributed by atoms with Crippen LogP contribution >= 0.6 is 23.4 Å². The van der Waals surface area contributed by atoms with Gasteiger partial charge in [0, 0.05) is 29.4 Å². The number of rotatable bonds is 11. The second kappa shape index (κ2) is 12.7. The van der Waals surface area contributed by atoms with Crippen LogP contribution < -0.4 is 5.32 Å². The van der Waals surface area contributed by atoms with Gasteiger partial charge in [0.2, 0.25) is 11.8 Å². The van der Waals surface area contributed by atoms with Crippen molar-refractivity contribution in [2.45, 2.75) is 52.0 Å². The fraction of sp³-hybridized carbons (Fsp3) is 0.417. The molecule has 0 aromatic heterocycles. The molecule has 1 atom stereocenters. The molecule has 2 aromatic rings. The molecule has 1 N–H and O–H groups in total. The fourth-order valence-corrected chi connectivity index (χ4v) is 4.37. The van der Waals surface area contributed by atoms with E-state index in [2.05, 4.69) is 12.2 Å². The molecule has 2 rings (SSSR count). The second-order valence-corrected chi connectivity index (χ2v) is 8.92. The number of halogens is 2. The molecule has 0 saturated carbocycles. The van der Waals surface area contributed by atoms with Gasteiger partial charge in [-0.15, -0.1) is 11.8 Å². The first kappa shape index (κ1) is 25.2. The molecule has 0 aliphatic carbocycles. The van der Waals surface area contributed by atoms with E-state index in [1.807, 2.05) is 31.2 Å². The van der Waals surface area contributed by atoms with E-state index in [-0.39, 0.29) is 29.1 Å². The predicted molar refractivity (Wildman–Crippen MR) is 127 cm³/mol. The van der Waals surface area contributed by atoms with E-state index >= 15 is 0 Å². The number of unbranched alkanes of at least 4 members (excludes halogenated alkanes) is 1. The van der Waals surface area contributed by atoms with Crippen LogP contribution in [0.25, 0.3) is 0 Å². The minimum Gasteiger partial charge on any atom is -0.354 e. The molecule has 31 heavy (non-hydrogen) atoms. The lowest BCUT2D eigenvalue weighted by Crippen LogP contribution is -2.48. The number of nitrogens with zero attached hydrogens (tertiary/aromatic N) is 1. The van der Waals surface area contributed by atoms with Gasteiger partial charge in [-0.3, -0.25) is 9.59 Å². The number of hydrogen-bond acceptors (Lipinski definition) is 3. The van der Waals surface area contributed by atoms with Gasteiger partial charge in [0.1, 0.15) is 11.9 Å². The molecule has 0 aliphatic heterocycles. The maximum absolute atomic E-state index is 14.0. The van der Waals surface area contributed by atoms with Crippen molar-refractivity contribution >= 4 is 35.2 Å². The van der Waals surface area contributed by atoms with Crippen LogP contribution in [0.5, 0.6) is 0 Å². The summed E-state index contributed by atoms with van der Waals surface area (Å²) in [5.74, 6) is -0.309. The number of nitrogens with one attached hydrogen (secondary N) is 1. The molecular weight excluding hydrogens is 435 g/mol. The van der Waals surface area contributed by atoms with Crippen molar-refractivity contribution in [2.24, 2.45) is 0 Å². The maximum atomic E-state index is 14.0. The topological polar surface area (TPSA) is 49.4 Å². The van der Waals surface area contributed by atoms with Crippen molar-refractivity contribution in [1.29, 1.82) is 0 Å². The van der Waals surface area contributed by atoms with Gasteiger partial charge in [-0.05, 0) is 38.0 Å². The lowest BCUT2D eigenvalue weighted by molar-refractivity contribution is -0.138. The summed E-state index contributed by atoms with van der Waals surface area (Å²) in [6, 6.07) is 11.8. The SMILES string of the molecule is CCCCNC(=O)[C@H](C)N(Cc1cccc(C)c1)C(=O)CSCc1c(F)cccc1Cl. The van der Waals surface area contributed by atoms with E-state index in [9.17, 15) is 14.0 Å². The van der Waals surface area contributed by atoms with Crippen molar-refractivity contribution in [2.75, 3.05) is 12.3 Å². The van der Waals surface area contributed by atoms with Gasteiger partial charge in [-0.2, -0.15) is 0 Å². The largest absolute Gasteiger partial charge is 0.354 e. The molecular formula is C24H30ClFN2O2S. The van der Waals surface area contributed by atoms with Crippen LogP contribution in [0.4, 0.5) is 4.39 Å². The number of amides is 2. The van der Waals surface area contributed by atoms with Crippen molar-refractivity contribution in [1.82, 2.24) is 10.2 Å². The smallest absolute Gasteiger partial charge is 0.242 e. The van der Waals surface area contributed by atoms with Crippen LogP contribution in [0.2, 0.25) is 5.02 Å². The molecule has 2 aromatic carbocycles. The lowest BCUT2D eigenvalue weighted by Gasteiger charge is -2.29. The Morgan fingerprint density at radius 3 is 2.65 bits per heavy atom. The highest BCUT2D eigenvalue weighted by atomic mass is 35.5. The molecule has 0 saturated heterocycles. The Morgan fingerprint density at radius 1 is 1.23 bits per heavy atom. The predicted octanol–water partition coefficient (Wildman–Crippen LogP) is 5.35. The Labute approximate surface area is 193 Å². The zero-order chi connectivity index (χ0) is 22.8. The summed E-state index contributed by atoms with van der Waals surface area (Å²) in [6.07, 6.45) is 1.87. The Morgan fingerprint density at radius 2 is 1.97 bits per heavy atom. The first-order valence-corrected chi connectivity index (χ1v) is 12.0. The third-order valence-corrected chi connectivity index (χ3v) is 6.26. The number of aryl methyl sites for hydroxylation is 1. The van der Waals surface area contributed by atoms with Gasteiger partial charge in [0.15, 0.2) is 0 Å². The fourth-order valence-electron chi connectivity index (χ4n) is 3.12. The minimum atomic E-state index is -0.609. The number of benzene rings is 2. The van der Waals surface area contributed by atoms with Crippen LogP contribution in [0.15, 0.2) is 42.5 Å². The average molecular weight is 465 g/mol. The van der Waals surface area contributed by atoms with E-state index in [1.54, 1.807) is 24.0 Å². The number of hydrogen-bond donors (Lipinski definition) is 1. The van der Waals surface area contributed by atoms with Crippen molar-refractivity contribution < 1.29 is 14.0 Å². The minimum absolute atomic E-state index is 0.128. The van der Waals surface area contributed by atoms with Gasteiger partial charge in [-0.25, -0.2) is 4.39 Å². The number of thioether (sulfide) groups is 1. The average Bonchev–Trinajstić information content (AvgIpc) is 2.73. The summed E-state index contributed by atoms with van der Waals surface area (Å²) in [5, 5.41) is 3.25. The summed E-state index contributed by atoms with van der Waals surface area (Å²) in [4.78, 5) is 27.3. The van der Waals surface area contributed by atoms with Crippen molar-refractivity contribution in [3.8, 4) is 0 Å². The van der Waals surface area contributed by atoms with Gasteiger partial charge >= 0.3 is 0 Å². The summed E-state index contributed by atoms with van der Waals surface area (Å²) >= 11 is 7.37. The Hall–Kier alpha value is -2.05. The van der Waals surface area contributed by atoms with E-state index in [1.165, 1.54) is 17.8 Å². The normalized spacial score (nSPS) is 11.8. The zero-order valence-corrected chi connectivity index (χ0v) is 19.9. The van der Waals surface area contributed by atoms with Crippen LogP contribution in [-0.4, -0.2) is 35.1 Å². The van der Waals surface area contributed by atoms with Crippen LogP contribution in [-0.2, 0) is 21.9 Å². The Balaban J connectivity index is 2.08. The molecule has 0 aliphatic rings. The van der Waals surface area contributed by atoms with Crippen LogP contribution in [0.3, 0.4) is 0 Å². The van der Waals surface area contributed by atoms with Gasteiger partial charge < -0.3 is 10.2 Å². The third kappa shape index (κ3) is 7.86. The molecule has 0 unspecified atom stereocenters. The monoisotopic (exact) mass is 464 g/mol. The molecule has 0 radical (unpaired) electrons. The highest BCUT2D eigenvalue weighted by Gasteiger charge is 2.26. The summed E-state index contributed by atoms with van der Waals surface area (Å²) < 4.78 is 14.0. The Kier molecular flexibility index (Phi) is 10.3. The van der Waals surface area contributed by atoms with Crippen molar-refractivity contribution in [3.05, 3.63) is 70.0 Å². The van der Waals surface area contributed by atoms with Crippen LogP contribution in [0.1, 0.15) is 43.4 Å². The van der Waals surface area contributed by atoms with E-state index < -0.39 is 6.04 Å². The van der Waals surface area contributed by atoms with Gasteiger partial charge in [0.25, 0.3) is 0 Å². The summed E-state index contributed by atoms with van der Waals surface area (Å²) in [6.45, 7) is 6.72. The van der Waals surface area contributed by atoms with E-state index in [0.29, 0.717) is 23.7 Å². The van der Waals surface area contributed by atoms with Gasteiger partial charge in [-0.1, -0.05) is 60.8 Å². The second-order valence-electron chi connectivity index (χ2n) is 7.52. The first-order chi connectivity index (χ1) is 14.8. The van der Waals surface area contributed by atoms with Crippen LogP contribution in [0, 0.1) is 12.7 Å². The standard InChI is InChI=1S/C24H30ClFN2O2S/c1-4-5-12-27-24(30)18(3)28(14-19-9-6-8-17(2)13-19)23(29)16-31-15-20-21(25)10-7-11-22(20)26/h6-11,13,18H,4-5,12,14-16H2,1-3H3,(H,27,30)/t18-/m0/s1. The Bertz CT molecular complexity index is 873. The molecule has 7 heteroatoms. The maximum Gasteiger partial charge on any atom is 0.242 e. The number of carbonyl (C=O) groups excluding carboxylic acids is 2. The highest BCUT2D eigenvalue weighted by Crippen LogP contribution is 2.24. The molecule has 168 valence electrons. The molecule has 0 spiro atoms.